The van der Waals surface area contributed by atoms with E-state index < -0.39 is 35.7 Å². The normalized spacial score (nSPS) is 19.6. The maximum Gasteiger partial charge on any atom is 0.498 e. The molecule has 1 saturated heterocycles. The van der Waals surface area contributed by atoms with Crippen LogP contribution in [-0.4, -0.2) is 36.5 Å². The Balaban J connectivity index is 2.47. The minimum Gasteiger partial charge on any atom is -0.494 e. The average Bonchev–Trinajstić information content (AvgIpc) is 2.57. The Morgan fingerprint density at radius 1 is 1.24 bits per heavy atom. The Morgan fingerprint density at radius 2 is 1.76 bits per heavy atom. The molecule has 1 aliphatic heterocycles. The number of benzene rings is 1. The first-order valence-electron chi connectivity index (χ1n) is 6.56. The van der Waals surface area contributed by atoms with Crippen molar-refractivity contribution in [2.75, 3.05) is 7.11 Å². The van der Waals surface area contributed by atoms with Gasteiger partial charge >= 0.3 is 13.1 Å². The number of carboxylic acid groups (broad SMARTS) is 1. The predicted octanol–water partition coefficient (Wildman–Crippen LogP) is 1.83. The van der Waals surface area contributed by atoms with Crippen molar-refractivity contribution in [2.24, 2.45) is 0 Å². The lowest BCUT2D eigenvalue weighted by Gasteiger charge is -2.32. The molecule has 7 heteroatoms. The van der Waals surface area contributed by atoms with Crippen molar-refractivity contribution in [3.05, 3.63) is 23.5 Å². The van der Waals surface area contributed by atoms with E-state index in [4.69, 9.17) is 19.2 Å². The number of hydrogen-bond acceptors (Lipinski definition) is 4. The van der Waals surface area contributed by atoms with Crippen molar-refractivity contribution in [3.8, 4) is 5.75 Å². The highest BCUT2D eigenvalue weighted by molar-refractivity contribution is 6.63. The molecule has 2 rings (SSSR count). The maximum atomic E-state index is 14.2. The van der Waals surface area contributed by atoms with Crippen LogP contribution in [0.2, 0.25) is 0 Å². The third kappa shape index (κ3) is 2.51. The zero-order valence-corrected chi connectivity index (χ0v) is 12.7. The zero-order valence-electron chi connectivity index (χ0n) is 12.7. The monoisotopic (exact) mass is 296 g/mol. The van der Waals surface area contributed by atoms with E-state index in [1.165, 1.54) is 19.2 Å². The van der Waals surface area contributed by atoms with Gasteiger partial charge in [-0.05, 0) is 33.8 Å². The molecular weight excluding hydrogens is 278 g/mol. The van der Waals surface area contributed by atoms with Gasteiger partial charge in [0.25, 0.3) is 0 Å². The molecule has 1 aliphatic rings. The van der Waals surface area contributed by atoms with E-state index in [1.54, 1.807) is 0 Å². The van der Waals surface area contributed by atoms with Gasteiger partial charge in [0, 0.05) is 5.46 Å². The van der Waals surface area contributed by atoms with Crippen LogP contribution in [0.1, 0.15) is 38.1 Å². The minimum absolute atomic E-state index is 0.173. The van der Waals surface area contributed by atoms with Gasteiger partial charge in [-0.25, -0.2) is 9.18 Å². The number of ether oxygens (including phenoxy) is 1. The number of carboxylic acids is 1. The zero-order chi connectivity index (χ0) is 16.0. The van der Waals surface area contributed by atoms with Crippen molar-refractivity contribution < 1.29 is 28.3 Å². The number of hydrogen-bond donors (Lipinski definition) is 1. The van der Waals surface area contributed by atoms with Crippen LogP contribution in [0.3, 0.4) is 0 Å². The molecule has 0 aromatic heterocycles. The summed E-state index contributed by atoms with van der Waals surface area (Å²) in [5.74, 6) is -2.46. The molecule has 0 atom stereocenters. The highest BCUT2D eigenvalue weighted by atomic mass is 19.1. The van der Waals surface area contributed by atoms with Crippen LogP contribution in [0, 0.1) is 5.82 Å². The van der Waals surface area contributed by atoms with Gasteiger partial charge in [-0.1, -0.05) is 6.07 Å². The van der Waals surface area contributed by atoms with Crippen LogP contribution in [0.4, 0.5) is 4.39 Å². The lowest BCUT2D eigenvalue weighted by Crippen LogP contribution is -2.41. The van der Waals surface area contributed by atoms with Crippen molar-refractivity contribution >= 4 is 18.6 Å². The first-order chi connectivity index (χ1) is 9.60. The topological polar surface area (TPSA) is 65.0 Å². The fraction of sp³-hybridized carbons (Fsp3) is 0.500. The van der Waals surface area contributed by atoms with E-state index in [9.17, 15) is 9.18 Å². The Labute approximate surface area is 123 Å². The Morgan fingerprint density at radius 3 is 2.19 bits per heavy atom. The first-order valence-corrected chi connectivity index (χ1v) is 6.56. The number of carbonyl (C=O) groups is 1. The molecule has 0 aliphatic carbocycles. The van der Waals surface area contributed by atoms with Gasteiger partial charge in [0.1, 0.15) is 0 Å². The van der Waals surface area contributed by atoms with Gasteiger partial charge in [0.05, 0.1) is 23.9 Å². The SMILES string of the molecule is COc1c(B2OC(C)(C)C(C)(C)O2)ccc(C(=O)O)c1F. The molecule has 1 fully saturated rings. The predicted molar refractivity (Wildman–Crippen MR) is 75.6 cm³/mol. The minimum atomic E-state index is -1.36. The third-order valence-electron chi connectivity index (χ3n) is 4.07. The molecule has 1 aromatic carbocycles. The summed E-state index contributed by atoms with van der Waals surface area (Å²) in [5.41, 5.74) is -1.28. The first kappa shape index (κ1) is 15.8. The summed E-state index contributed by atoms with van der Waals surface area (Å²) in [6.07, 6.45) is 0. The summed E-state index contributed by atoms with van der Waals surface area (Å²) in [6.45, 7) is 7.51. The molecular formula is C14H18BFO5. The smallest absolute Gasteiger partial charge is 0.494 e. The van der Waals surface area contributed by atoms with E-state index in [0.717, 1.165) is 0 Å². The summed E-state index contributed by atoms with van der Waals surface area (Å²) in [7, 11) is 0.459. The number of aromatic carboxylic acids is 1. The van der Waals surface area contributed by atoms with E-state index >= 15 is 0 Å². The Bertz CT molecular complexity index is 569. The van der Waals surface area contributed by atoms with Crippen LogP contribution < -0.4 is 10.2 Å². The molecule has 114 valence electrons. The molecule has 1 N–H and O–H groups in total. The molecule has 0 radical (unpaired) electrons. The van der Waals surface area contributed by atoms with Crippen molar-refractivity contribution in [3.63, 3.8) is 0 Å². The summed E-state index contributed by atoms with van der Waals surface area (Å²) in [6, 6.07) is 2.63. The fourth-order valence-electron chi connectivity index (χ4n) is 2.10. The summed E-state index contributed by atoms with van der Waals surface area (Å²) < 4.78 is 30.9. The van der Waals surface area contributed by atoms with Gasteiger partial charge in [-0.3, -0.25) is 0 Å². The molecule has 5 nitrogen and oxygen atoms in total. The van der Waals surface area contributed by atoms with E-state index in [0.29, 0.717) is 5.46 Å². The molecule has 0 unspecified atom stereocenters. The molecule has 0 spiro atoms. The Hall–Kier alpha value is -1.60. The molecule has 1 aromatic rings. The highest BCUT2D eigenvalue weighted by Gasteiger charge is 2.52. The molecule has 0 amide bonds. The van der Waals surface area contributed by atoms with Crippen molar-refractivity contribution in [1.29, 1.82) is 0 Å². The quantitative estimate of drug-likeness (QED) is 0.862. The largest absolute Gasteiger partial charge is 0.498 e. The van der Waals surface area contributed by atoms with E-state index in [2.05, 4.69) is 0 Å². The van der Waals surface area contributed by atoms with Gasteiger partial charge in [-0.2, -0.15) is 0 Å². The second kappa shape index (κ2) is 5.00. The summed E-state index contributed by atoms with van der Waals surface area (Å²) in [5, 5.41) is 8.95. The van der Waals surface area contributed by atoms with Crippen LogP contribution in [0.15, 0.2) is 12.1 Å². The van der Waals surface area contributed by atoms with Crippen LogP contribution in [-0.2, 0) is 9.31 Å². The fourth-order valence-corrected chi connectivity index (χ4v) is 2.10. The number of rotatable bonds is 3. The molecule has 0 bridgehead atoms. The lowest BCUT2D eigenvalue weighted by molar-refractivity contribution is 0.00578. The lowest BCUT2D eigenvalue weighted by atomic mass is 9.77. The molecule has 21 heavy (non-hydrogen) atoms. The highest BCUT2D eigenvalue weighted by Crippen LogP contribution is 2.37. The summed E-state index contributed by atoms with van der Waals surface area (Å²) >= 11 is 0. The van der Waals surface area contributed by atoms with Gasteiger partial charge in [0.2, 0.25) is 0 Å². The van der Waals surface area contributed by atoms with Crippen LogP contribution in [0.5, 0.6) is 5.75 Å². The third-order valence-corrected chi connectivity index (χ3v) is 4.07. The second-order valence-corrected chi connectivity index (χ2v) is 5.94. The van der Waals surface area contributed by atoms with E-state index in [1.807, 2.05) is 27.7 Å². The van der Waals surface area contributed by atoms with Crippen molar-refractivity contribution in [1.82, 2.24) is 0 Å². The van der Waals surface area contributed by atoms with Crippen LogP contribution >= 0.6 is 0 Å². The maximum absolute atomic E-state index is 14.2. The Kier molecular flexibility index (Phi) is 3.76. The van der Waals surface area contributed by atoms with Crippen molar-refractivity contribution in [2.45, 2.75) is 38.9 Å². The van der Waals surface area contributed by atoms with Gasteiger partial charge in [-0.15, -0.1) is 0 Å². The number of methoxy groups -OCH3 is 1. The van der Waals surface area contributed by atoms with Crippen LogP contribution in [0.25, 0.3) is 0 Å². The number of halogens is 1. The summed E-state index contributed by atoms with van der Waals surface area (Å²) in [4.78, 5) is 11.0. The van der Waals surface area contributed by atoms with Gasteiger partial charge < -0.3 is 19.2 Å². The molecule has 1 heterocycles. The van der Waals surface area contributed by atoms with Gasteiger partial charge in [0.15, 0.2) is 11.6 Å². The standard InChI is InChI=1S/C14H18BFO5/c1-13(2)14(3,4)21-15(20-13)9-7-6-8(12(17)18)10(16)11(9)19-5/h6-7H,1-5H3,(H,17,18). The van der Waals surface area contributed by atoms with E-state index in [-0.39, 0.29) is 5.75 Å². The second-order valence-electron chi connectivity index (χ2n) is 5.94. The average molecular weight is 296 g/mol. The molecule has 0 saturated carbocycles.